The lowest BCUT2D eigenvalue weighted by Crippen LogP contribution is -2.25. The third kappa shape index (κ3) is 2.15. The van der Waals surface area contributed by atoms with Gasteiger partial charge in [0.15, 0.2) is 0 Å². The highest BCUT2D eigenvalue weighted by Gasteiger charge is 2.17. The first-order chi connectivity index (χ1) is 7.70. The molecule has 2 aromatic rings. The van der Waals surface area contributed by atoms with Crippen molar-refractivity contribution in [3.8, 4) is 0 Å². The van der Waals surface area contributed by atoms with Gasteiger partial charge in [0.2, 0.25) is 0 Å². The molecular weight excluding hydrogens is 288 g/mol. The van der Waals surface area contributed by atoms with Crippen LogP contribution in [0.15, 0.2) is 40.4 Å². The Kier molecular flexibility index (Phi) is 3.36. The lowest BCUT2D eigenvalue weighted by molar-refractivity contribution is 0.0996. The number of halogens is 1. The van der Waals surface area contributed by atoms with Crippen LogP contribution in [0.5, 0.6) is 0 Å². The molecule has 1 amide bonds. The van der Waals surface area contributed by atoms with Crippen molar-refractivity contribution in [2.45, 2.75) is 0 Å². The predicted octanol–water partition coefficient (Wildman–Crippen LogP) is 3.18. The fourth-order valence-corrected chi connectivity index (χ4v) is 2.80. The molecule has 0 aliphatic heterocycles. The van der Waals surface area contributed by atoms with Crippen molar-refractivity contribution in [3.05, 3.63) is 45.3 Å². The topological polar surface area (TPSA) is 33.2 Å². The number of rotatable bonds is 2. The van der Waals surface area contributed by atoms with Crippen molar-refractivity contribution in [2.75, 3.05) is 11.9 Å². The maximum atomic E-state index is 12.1. The molecule has 0 spiro atoms. The first-order valence-corrected chi connectivity index (χ1v) is 6.28. The monoisotopic (exact) mass is 296 g/mol. The molecule has 2 rings (SSSR count). The van der Waals surface area contributed by atoms with Gasteiger partial charge in [0.05, 0.1) is 0 Å². The summed E-state index contributed by atoms with van der Waals surface area (Å²) in [5.74, 6) is -0.0203. The minimum absolute atomic E-state index is 0.0203. The van der Waals surface area contributed by atoms with E-state index in [9.17, 15) is 4.79 Å². The number of thiophene rings is 1. The first-order valence-electron chi connectivity index (χ1n) is 4.61. The van der Waals surface area contributed by atoms with Crippen LogP contribution >= 0.6 is 27.3 Å². The van der Waals surface area contributed by atoms with E-state index in [0.29, 0.717) is 4.88 Å². The third-order valence-corrected chi connectivity index (χ3v) is 3.99. The number of hydrogen-bond donors (Lipinski definition) is 0. The molecule has 0 fully saturated rings. The highest BCUT2D eigenvalue weighted by atomic mass is 79.9. The minimum Gasteiger partial charge on any atom is -0.311 e. The van der Waals surface area contributed by atoms with Crippen molar-refractivity contribution in [2.24, 2.45) is 0 Å². The average Bonchev–Trinajstić information content (AvgIpc) is 2.75. The van der Waals surface area contributed by atoms with Gasteiger partial charge < -0.3 is 4.90 Å². The van der Waals surface area contributed by atoms with Crippen LogP contribution in [-0.4, -0.2) is 17.9 Å². The second kappa shape index (κ2) is 4.76. The van der Waals surface area contributed by atoms with Gasteiger partial charge in [-0.15, -0.1) is 11.3 Å². The molecular formula is C11H9BrN2OS. The average molecular weight is 297 g/mol. The molecule has 5 heteroatoms. The Hall–Kier alpha value is -1.20. The Morgan fingerprint density at radius 3 is 2.62 bits per heavy atom. The summed E-state index contributed by atoms with van der Waals surface area (Å²) in [5.41, 5.74) is 0.834. The molecule has 0 unspecified atom stereocenters. The zero-order valence-electron chi connectivity index (χ0n) is 8.55. The van der Waals surface area contributed by atoms with E-state index in [1.807, 2.05) is 11.4 Å². The van der Waals surface area contributed by atoms with Crippen molar-refractivity contribution in [1.29, 1.82) is 0 Å². The SMILES string of the molecule is CN(C(=O)c1sccc1Br)c1ccncc1. The van der Waals surface area contributed by atoms with Gasteiger partial charge in [-0.25, -0.2) is 0 Å². The maximum absolute atomic E-state index is 12.1. The minimum atomic E-state index is -0.0203. The van der Waals surface area contributed by atoms with E-state index in [1.165, 1.54) is 11.3 Å². The summed E-state index contributed by atoms with van der Waals surface area (Å²) in [6.07, 6.45) is 3.34. The van der Waals surface area contributed by atoms with Crippen molar-refractivity contribution < 1.29 is 4.79 Å². The molecule has 0 aliphatic carbocycles. The molecule has 3 nitrogen and oxygen atoms in total. The van der Waals surface area contributed by atoms with Gasteiger partial charge >= 0.3 is 0 Å². The van der Waals surface area contributed by atoms with Gasteiger partial charge in [0.25, 0.3) is 5.91 Å². The van der Waals surface area contributed by atoms with Crippen LogP contribution in [0.4, 0.5) is 5.69 Å². The summed E-state index contributed by atoms with van der Waals surface area (Å²) < 4.78 is 0.836. The zero-order chi connectivity index (χ0) is 11.5. The number of carbonyl (C=O) groups is 1. The summed E-state index contributed by atoms with van der Waals surface area (Å²) in [4.78, 5) is 18.4. The molecule has 0 radical (unpaired) electrons. The molecule has 0 aliphatic rings. The van der Waals surface area contributed by atoms with Crippen LogP contribution in [-0.2, 0) is 0 Å². The van der Waals surface area contributed by atoms with E-state index in [1.54, 1.807) is 36.5 Å². The fourth-order valence-electron chi connectivity index (χ4n) is 1.28. The Morgan fingerprint density at radius 1 is 1.38 bits per heavy atom. The Morgan fingerprint density at radius 2 is 2.06 bits per heavy atom. The van der Waals surface area contributed by atoms with Crippen LogP contribution < -0.4 is 4.90 Å². The fraction of sp³-hybridized carbons (Fsp3) is 0.0909. The molecule has 0 aromatic carbocycles. The quantitative estimate of drug-likeness (QED) is 0.853. The van der Waals surface area contributed by atoms with Gasteiger partial charge in [-0.2, -0.15) is 0 Å². The Balaban J connectivity index is 2.27. The molecule has 0 atom stereocenters. The van der Waals surface area contributed by atoms with Gasteiger partial charge in [-0.3, -0.25) is 9.78 Å². The van der Waals surface area contributed by atoms with Gasteiger partial charge in [0.1, 0.15) is 4.88 Å². The Bertz CT molecular complexity index is 498. The van der Waals surface area contributed by atoms with E-state index in [4.69, 9.17) is 0 Å². The standard InChI is InChI=1S/C11H9BrN2OS/c1-14(8-2-5-13-6-3-8)11(15)10-9(12)4-7-16-10/h2-7H,1H3. The summed E-state index contributed by atoms with van der Waals surface area (Å²) in [6.45, 7) is 0. The van der Waals surface area contributed by atoms with E-state index in [2.05, 4.69) is 20.9 Å². The molecule has 82 valence electrons. The molecule has 0 saturated heterocycles. The van der Waals surface area contributed by atoms with Crippen LogP contribution in [0.25, 0.3) is 0 Å². The molecule has 0 bridgehead atoms. The lowest BCUT2D eigenvalue weighted by Gasteiger charge is -2.16. The third-order valence-electron chi connectivity index (χ3n) is 2.17. The zero-order valence-corrected chi connectivity index (χ0v) is 11.0. The first kappa shape index (κ1) is 11.3. The van der Waals surface area contributed by atoms with Gasteiger partial charge in [0, 0.05) is 29.6 Å². The van der Waals surface area contributed by atoms with E-state index < -0.39 is 0 Å². The van der Waals surface area contributed by atoms with Gasteiger partial charge in [-0.05, 0) is 39.5 Å². The van der Waals surface area contributed by atoms with Crippen LogP contribution in [0.3, 0.4) is 0 Å². The second-order valence-corrected chi connectivity index (χ2v) is 4.94. The summed E-state index contributed by atoms with van der Waals surface area (Å²) in [7, 11) is 1.75. The number of pyridine rings is 1. The number of amides is 1. The maximum Gasteiger partial charge on any atom is 0.269 e. The summed E-state index contributed by atoms with van der Waals surface area (Å²) >= 11 is 4.79. The van der Waals surface area contributed by atoms with E-state index >= 15 is 0 Å². The normalized spacial score (nSPS) is 10.1. The van der Waals surface area contributed by atoms with Crippen LogP contribution in [0.1, 0.15) is 9.67 Å². The number of aromatic nitrogens is 1. The van der Waals surface area contributed by atoms with E-state index in [-0.39, 0.29) is 5.91 Å². The van der Waals surface area contributed by atoms with Gasteiger partial charge in [-0.1, -0.05) is 0 Å². The van der Waals surface area contributed by atoms with Crippen LogP contribution in [0.2, 0.25) is 0 Å². The lowest BCUT2D eigenvalue weighted by atomic mass is 10.3. The number of anilines is 1. The van der Waals surface area contributed by atoms with Crippen molar-refractivity contribution >= 4 is 38.9 Å². The molecule has 2 heterocycles. The summed E-state index contributed by atoms with van der Waals surface area (Å²) in [5, 5.41) is 1.89. The summed E-state index contributed by atoms with van der Waals surface area (Å²) in [6, 6.07) is 5.48. The Labute approximate surface area is 106 Å². The van der Waals surface area contributed by atoms with Crippen molar-refractivity contribution in [3.63, 3.8) is 0 Å². The highest BCUT2D eigenvalue weighted by Crippen LogP contribution is 2.25. The highest BCUT2D eigenvalue weighted by molar-refractivity contribution is 9.10. The number of carbonyl (C=O) groups excluding carboxylic acids is 1. The molecule has 2 aromatic heterocycles. The smallest absolute Gasteiger partial charge is 0.269 e. The second-order valence-electron chi connectivity index (χ2n) is 3.17. The molecule has 0 saturated carbocycles. The predicted molar refractivity (Wildman–Crippen MR) is 69.0 cm³/mol. The largest absolute Gasteiger partial charge is 0.311 e. The number of hydrogen-bond acceptors (Lipinski definition) is 3. The molecule has 16 heavy (non-hydrogen) atoms. The van der Waals surface area contributed by atoms with Crippen molar-refractivity contribution in [1.82, 2.24) is 4.98 Å². The molecule has 0 N–H and O–H groups in total. The van der Waals surface area contributed by atoms with Crippen LogP contribution in [0, 0.1) is 0 Å². The van der Waals surface area contributed by atoms with E-state index in [0.717, 1.165) is 10.2 Å². The number of nitrogens with zero attached hydrogens (tertiary/aromatic N) is 2.